The fraction of sp³-hybridized carbons (Fsp3) is 0.571. The molecule has 0 aromatic heterocycles. The van der Waals surface area contributed by atoms with Crippen LogP contribution in [-0.2, 0) is 14.6 Å². The van der Waals surface area contributed by atoms with E-state index in [0.717, 1.165) is 5.56 Å². The van der Waals surface area contributed by atoms with Crippen LogP contribution < -0.4 is 5.73 Å². The Labute approximate surface area is 114 Å². The van der Waals surface area contributed by atoms with Gasteiger partial charge in [0.05, 0.1) is 11.9 Å². The van der Waals surface area contributed by atoms with Crippen molar-refractivity contribution < 1.29 is 13.2 Å². The number of hydrogen-bond acceptors (Lipinski definition) is 4. The van der Waals surface area contributed by atoms with Gasteiger partial charge in [0.25, 0.3) is 0 Å². The number of ether oxygens (including phenoxy) is 1. The van der Waals surface area contributed by atoms with Crippen LogP contribution >= 0.6 is 0 Å². The van der Waals surface area contributed by atoms with E-state index >= 15 is 0 Å². The van der Waals surface area contributed by atoms with Crippen LogP contribution in [0.1, 0.15) is 18.4 Å². The number of sulfone groups is 1. The Kier molecular flexibility index (Phi) is 3.99. The second kappa shape index (κ2) is 5.23. The van der Waals surface area contributed by atoms with Gasteiger partial charge in [0.1, 0.15) is 0 Å². The summed E-state index contributed by atoms with van der Waals surface area (Å²) in [5.41, 5.74) is 6.45. The van der Waals surface area contributed by atoms with E-state index in [9.17, 15) is 8.42 Å². The van der Waals surface area contributed by atoms with Gasteiger partial charge in [0.2, 0.25) is 0 Å². The van der Waals surface area contributed by atoms with Crippen molar-refractivity contribution in [3.05, 3.63) is 35.9 Å². The Bertz CT molecular complexity index is 529. The first-order chi connectivity index (χ1) is 9.03. The van der Waals surface area contributed by atoms with Crippen molar-refractivity contribution in [3.63, 3.8) is 0 Å². The van der Waals surface area contributed by atoms with Crippen molar-refractivity contribution in [2.45, 2.75) is 18.1 Å². The van der Waals surface area contributed by atoms with Gasteiger partial charge in [-0.15, -0.1) is 0 Å². The van der Waals surface area contributed by atoms with E-state index in [1.165, 1.54) is 0 Å². The largest absolute Gasteiger partial charge is 0.384 e. The molecule has 0 unspecified atom stereocenters. The van der Waals surface area contributed by atoms with Crippen molar-refractivity contribution in [3.8, 4) is 0 Å². The molecular weight excluding hydrogens is 262 g/mol. The summed E-state index contributed by atoms with van der Waals surface area (Å²) in [5, 5.41) is -0.419. The number of benzene rings is 1. The minimum atomic E-state index is -3.12. The highest BCUT2D eigenvalue weighted by atomic mass is 32.2. The summed E-state index contributed by atoms with van der Waals surface area (Å²) in [4.78, 5) is 0. The average molecular weight is 283 g/mol. The number of hydrogen-bond donors (Lipinski definition) is 1. The van der Waals surface area contributed by atoms with E-state index < -0.39 is 20.5 Å². The lowest BCUT2D eigenvalue weighted by molar-refractivity contribution is 0.142. The van der Waals surface area contributed by atoms with Crippen LogP contribution in [0.25, 0.3) is 0 Å². The van der Waals surface area contributed by atoms with Crippen LogP contribution in [0.5, 0.6) is 0 Å². The first-order valence-electron chi connectivity index (χ1n) is 6.49. The predicted octanol–water partition coefficient (Wildman–Crippen LogP) is 1.18. The summed E-state index contributed by atoms with van der Waals surface area (Å²) >= 11 is 0. The minimum Gasteiger partial charge on any atom is -0.384 e. The molecule has 3 atom stereocenters. The fourth-order valence-corrected chi connectivity index (χ4v) is 5.26. The second-order valence-electron chi connectivity index (χ2n) is 5.13. The Morgan fingerprint density at radius 3 is 2.42 bits per heavy atom. The van der Waals surface area contributed by atoms with Crippen LogP contribution in [0.4, 0.5) is 0 Å². The highest BCUT2D eigenvalue weighted by molar-refractivity contribution is 7.92. The van der Waals surface area contributed by atoms with Gasteiger partial charge in [-0.3, -0.25) is 0 Å². The van der Waals surface area contributed by atoms with Crippen LogP contribution in [0.15, 0.2) is 30.3 Å². The van der Waals surface area contributed by atoms with Gasteiger partial charge >= 0.3 is 0 Å². The third-order valence-electron chi connectivity index (χ3n) is 4.12. The van der Waals surface area contributed by atoms with Gasteiger partial charge in [0.15, 0.2) is 9.84 Å². The van der Waals surface area contributed by atoms with Gasteiger partial charge in [-0.05, 0) is 5.56 Å². The molecule has 0 spiro atoms. The molecule has 1 aliphatic rings. The van der Waals surface area contributed by atoms with E-state index in [2.05, 4.69) is 0 Å². The molecule has 1 aromatic rings. The molecule has 1 aromatic carbocycles. The van der Waals surface area contributed by atoms with Crippen molar-refractivity contribution in [2.24, 2.45) is 11.1 Å². The molecule has 106 valence electrons. The number of rotatable bonds is 6. The van der Waals surface area contributed by atoms with Gasteiger partial charge in [-0.25, -0.2) is 8.42 Å². The Morgan fingerprint density at radius 1 is 1.32 bits per heavy atom. The van der Waals surface area contributed by atoms with Gasteiger partial charge in [0, 0.05) is 30.7 Å². The Morgan fingerprint density at radius 2 is 1.95 bits per heavy atom. The quantitative estimate of drug-likeness (QED) is 0.851. The van der Waals surface area contributed by atoms with E-state index in [0.29, 0.717) is 13.2 Å². The third-order valence-corrected chi connectivity index (χ3v) is 6.44. The normalized spacial score (nSPS) is 30.3. The summed E-state index contributed by atoms with van der Waals surface area (Å²) < 4.78 is 29.8. The minimum absolute atomic E-state index is 0.0522. The zero-order valence-corrected chi connectivity index (χ0v) is 12.2. The van der Waals surface area contributed by atoms with Crippen LogP contribution in [0.3, 0.4) is 0 Å². The molecule has 1 aliphatic carbocycles. The lowest BCUT2D eigenvalue weighted by Crippen LogP contribution is -2.28. The van der Waals surface area contributed by atoms with Crippen molar-refractivity contribution in [1.29, 1.82) is 0 Å². The standard InChI is InChI=1S/C14H21NO3S/c1-3-19(16,17)13-12(11-7-5-4-6-8-11)14(13,9-15)10-18-2/h4-8,12-13H,3,9-10,15H2,1-2H3/t12-,13-,14-/m1/s1. The highest BCUT2D eigenvalue weighted by Gasteiger charge is 2.69. The summed E-state index contributed by atoms with van der Waals surface area (Å²) in [5.74, 6) is 0.0931. The Hall–Kier alpha value is -0.910. The Balaban J connectivity index is 2.41. The fourth-order valence-electron chi connectivity index (χ4n) is 3.11. The van der Waals surface area contributed by atoms with Gasteiger partial charge in [-0.1, -0.05) is 37.3 Å². The molecule has 1 fully saturated rings. The molecule has 0 aliphatic heterocycles. The monoisotopic (exact) mass is 283 g/mol. The molecule has 5 heteroatoms. The van der Waals surface area contributed by atoms with Gasteiger partial charge < -0.3 is 10.5 Å². The van der Waals surface area contributed by atoms with E-state index in [4.69, 9.17) is 10.5 Å². The summed E-state index contributed by atoms with van der Waals surface area (Å²) in [6.07, 6.45) is 0. The smallest absolute Gasteiger partial charge is 0.154 e. The maximum Gasteiger partial charge on any atom is 0.154 e. The summed E-state index contributed by atoms with van der Waals surface area (Å²) in [6.45, 7) is 2.39. The lowest BCUT2D eigenvalue weighted by atomic mass is 10.0. The summed E-state index contributed by atoms with van der Waals surface area (Å²) in [6, 6.07) is 9.72. The predicted molar refractivity (Wildman–Crippen MR) is 75.8 cm³/mol. The average Bonchev–Trinajstić information content (AvgIpc) is 3.10. The van der Waals surface area contributed by atoms with Crippen LogP contribution in [0, 0.1) is 5.41 Å². The topological polar surface area (TPSA) is 69.4 Å². The lowest BCUT2D eigenvalue weighted by Gasteiger charge is -2.14. The van der Waals surface area contributed by atoms with Crippen LogP contribution in [-0.4, -0.2) is 39.7 Å². The summed E-state index contributed by atoms with van der Waals surface area (Å²) in [7, 11) is -1.53. The first-order valence-corrected chi connectivity index (χ1v) is 8.20. The second-order valence-corrected chi connectivity index (χ2v) is 7.54. The third kappa shape index (κ3) is 2.30. The molecule has 0 radical (unpaired) electrons. The maximum atomic E-state index is 12.3. The number of methoxy groups -OCH3 is 1. The molecule has 0 bridgehead atoms. The van der Waals surface area contributed by atoms with E-state index in [1.807, 2.05) is 30.3 Å². The van der Waals surface area contributed by atoms with E-state index in [-0.39, 0.29) is 11.7 Å². The maximum absolute atomic E-state index is 12.3. The zero-order valence-electron chi connectivity index (χ0n) is 11.4. The molecule has 2 N–H and O–H groups in total. The SMILES string of the molecule is CCS(=O)(=O)[C@@H]1[C@@H](c2ccccc2)[C@@]1(CN)COC. The first kappa shape index (κ1) is 14.5. The van der Waals surface area contributed by atoms with E-state index in [1.54, 1.807) is 14.0 Å². The highest BCUT2D eigenvalue weighted by Crippen LogP contribution is 2.62. The van der Waals surface area contributed by atoms with Crippen LogP contribution in [0.2, 0.25) is 0 Å². The molecule has 1 saturated carbocycles. The molecule has 19 heavy (non-hydrogen) atoms. The van der Waals surface area contributed by atoms with Crippen molar-refractivity contribution >= 4 is 9.84 Å². The molecule has 0 saturated heterocycles. The molecular formula is C14H21NO3S. The molecule has 2 rings (SSSR count). The zero-order chi connectivity index (χ0) is 14.1. The molecule has 0 amide bonds. The van der Waals surface area contributed by atoms with Crippen molar-refractivity contribution in [2.75, 3.05) is 26.0 Å². The molecule has 0 heterocycles. The molecule has 4 nitrogen and oxygen atoms in total. The van der Waals surface area contributed by atoms with Crippen molar-refractivity contribution in [1.82, 2.24) is 0 Å². The van der Waals surface area contributed by atoms with Gasteiger partial charge in [-0.2, -0.15) is 0 Å². The number of nitrogens with two attached hydrogens (primary N) is 1.